The molecule has 0 saturated carbocycles. The lowest BCUT2D eigenvalue weighted by atomic mass is 10.0. The lowest BCUT2D eigenvalue weighted by Gasteiger charge is -2.26. The van der Waals surface area contributed by atoms with Gasteiger partial charge in [-0.1, -0.05) is 6.07 Å². The van der Waals surface area contributed by atoms with Crippen LogP contribution in [0.3, 0.4) is 0 Å². The van der Waals surface area contributed by atoms with E-state index < -0.39 is 11.8 Å². The zero-order chi connectivity index (χ0) is 25.9. The van der Waals surface area contributed by atoms with E-state index in [4.69, 9.17) is 10.5 Å². The molecule has 0 radical (unpaired) electrons. The monoisotopic (exact) mass is 506 g/mol. The molecule has 1 saturated heterocycles. The Morgan fingerprint density at radius 3 is 2.73 bits per heavy atom. The number of aryl methyl sites for hydroxylation is 1. The van der Waals surface area contributed by atoms with Crippen LogP contribution in [0.5, 0.6) is 0 Å². The number of hydrogen-bond acceptors (Lipinski definition) is 8. The number of halogens is 1. The van der Waals surface area contributed by atoms with Crippen molar-refractivity contribution in [1.29, 1.82) is 0 Å². The molecule has 5 N–H and O–H groups in total. The molecule has 0 atom stereocenters. The minimum atomic E-state index is -0.654. The highest BCUT2D eigenvalue weighted by Gasteiger charge is 2.25. The maximum absolute atomic E-state index is 15.2. The van der Waals surface area contributed by atoms with Gasteiger partial charge in [0.05, 0.1) is 31.2 Å². The Morgan fingerprint density at radius 2 is 2.00 bits per heavy atom. The van der Waals surface area contributed by atoms with E-state index in [1.165, 1.54) is 18.5 Å². The number of hydrogen-bond donors (Lipinski definition) is 4. The number of nitrogens with two attached hydrogens (primary N) is 1. The second-order valence-corrected chi connectivity index (χ2v) is 8.74. The lowest BCUT2D eigenvalue weighted by molar-refractivity contribution is 0.0331. The van der Waals surface area contributed by atoms with E-state index in [1.54, 1.807) is 28.9 Å². The number of pyridine rings is 1. The summed E-state index contributed by atoms with van der Waals surface area (Å²) in [7, 11) is 0. The number of morpholine rings is 1. The van der Waals surface area contributed by atoms with Crippen molar-refractivity contribution in [3.63, 3.8) is 0 Å². The number of rotatable bonds is 6. The zero-order valence-corrected chi connectivity index (χ0v) is 20.2. The first-order valence-corrected chi connectivity index (χ1v) is 11.8. The Kier molecular flexibility index (Phi) is 6.95. The highest BCUT2D eigenvalue weighted by molar-refractivity contribution is 5.99. The molecule has 12 heteroatoms. The number of carbonyl (C=O) groups is 1. The van der Waals surface area contributed by atoms with Crippen molar-refractivity contribution in [2.45, 2.75) is 20.1 Å². The number of nitrogen functional groups attached to an aromatic ring is 1. The van der Waals surface area contributed by atoms with Gasteiger partial charge in [-0.3, -0.25) is 10.2 Å². The summed E-state index contributed by atoms with van der Waals surface area (Å²) in [5.74, 6) is -0.0931. The van der Waals surface area contributed by atoms with Crippen molar-refractivity contribution in [3.05, 3.63) is 65.5 Å². The molecule has 3 aromatic heterocycles. The molecular weight excluding hydrogens is 479 g/mol. The van der Waals surface area contributed by atoms with Gasteiger partial charge in [0.15, 0.2) is 5.82 Å². The van der Waals surface area contributed by atoms with Gasteiger partial charge >= 0.3 is 6.03 Å². The van der Waals surface area contributed by atoms with Crippen molar-refractivity contribution in [3.8, 4) is 11.1 Å². The minimum Gasteiger partial charge on any atom is -0.392 e. The Labute approximate surface area is 212 Å². The average Bonchev–Trinajstić information content (AvgIpc) is 3.20. The van der Waals surface area contributed by atoms with Gasteiger partial charge in [0.2, 0.25) is 0 Å². The quantitative estimate of drug-likeness (QED) is 0.313. The molecular formula is C25H27FN8O3. The molecule has 0 aliphatic carbocycles. The van der Waals surface area contributed by atoms with Gasteiger partial charge in [-0.25, -0.2) is 23.7 Å². The number of fused-ring (bicyclic) bond motifs is 1. The van der Waals surface area contributed by atoms with Crippen molar-refractivity contribution >= 4 is 28.9 Å². The predicted molar refractivity (Wildman–Crippen MR) is 136 cm³/mol. The third-order valence-electron chi connectivity index (χ3n) is 6.26. The number of aliphatic hydroxyl groups is 1. The van der Waals surface area contributed by atoms with Crippen LogP contribution in [-0.2, 0) is 17.9 Å². The van der Waals surface area contributed by atoms with E-state index in [2.05, 4.69) is 30.6 Å². The Bertz CT molecular complexity index is 1450. The molecule has 1 aliphatic rings. The standard InChI is InChI=1S/C25H27FN8O3/c1-15-4-5-28-21(10-15)32-25(36)31-19-3-2-16(11-18(19)26)22-17(13-35)20(12-33-6-8-37-9-7-33)34-23(22)24(27)29-14-30-34/h2-5,10-11,14,35H,6-9,12-13H2,1H3,(H2,27,29,30)(H2,28,31,32,36). The normalized spacial score (nSPS) is 14.1. The number of nitrogens with zero attached hydrogens (tertiary/aromatic N) is 5. The first-order chi connectivity index (χ1) is 17.9. The van der Waals surface area contributed by atoms with Crippen molar-refractivity contribution in [2.75, 3.05) is 42.7 Å². The van der Waals surface area contributed by atoms with E-state index in [9.17, 15) is 9.90 Å². The molecule has 0 unspecified atom stereocenters. The molecule has 2 amide bonds. The molecule has 4 heterocycles. The third-order valence-corrected chi connectivity index (χ3v) is 6.26. The fraction of sp³-hybridized carbons (Fsp3) is 0.280. The number of carbonyl (C=O) groups excluding carboxylic acids is 1. The summed E-state index contributed by atoms with van der Waals surface area (Å²) in [6.07, 6.45) is 2.93. The van der Waals surface area contributed by atoms with Crippen LogP contribution >= 0.6 is 0 Å². The fourth-order valence-electron chi connectivity index (χ4n) is 4.48. The third kappa shape index (κ3) is 5.07. The maximum Gasteiger partial charge on any atom is 0.324 e. The zero-order valence-electron chi connectivity index (χ0n) is 20.2. The minimum absolute atomic E-state index is 0.0132. The van der Waals surface area contributed by atoms with E-state index in [1.807, 2.05) is 6.92 Å². The van der Waals surface area contributed by atoms with Gasteiger partial charge < -0.3 is 20.9 Å². The van der Waals surface area contributed by atoms with Gasteiger partial charge in [-0.2, -0.15) is 5.10 Å². The highest BCUT2D eigenvalue weighted by atomic mass is 19.1. The van der Waals surface area contributed by atoms with E-state index in [0.29, 0.717) is 47.8 Å². The summed E-state index contributed by atoms with van der Waals surface area (Å²) in [4.78, 5) is 22.8. The Hall–Kier alpha value is -4.13. The molecule has 37 heavy (non-hydrogen) atoms. The number of aliphatic hydroxyl groups excluding tert-OH is 1. The van der Waals surface area contributed by atoms with Crippen molar-refractivity contribution < 1.29 is 19.0 Å². The maximum atomic E-state index is 15.2. The van der Waals surface area contributed by atoms with Crippen molar-refractivity contribution in [1.82, 2.24) is 24.5 Å². The fourth-order valence-corrected chi connectivity index (χ4v) is 4.48. The SMILES string of the molecule is Cc1ccnc(NC(=O)Nc2ccc(-c3c(CO)c(CN4CCOCC4)n4ncnc(N)c34)cc2F)c1. The van der Waals surface area contributed by atoms with Gasteiger partial charge in [0.25, 0.3) is 0 Å². The van der Waals surface area contributed by atoms with E-state index in [0.717, 1.165) is 24.3 Å². The van der Waals surface area contributed by atoms with Gasteiger partial charge in [-0.05, 0) is 42.3 Å². The number of ether oxygens (including phenoxy) is 1. The number of benzene rings is 1. The first-order valence-electron chi connectivity index (χ1n) is 11.8. The van der Waals surface area contributed by atoms with Crippen LogP contribution in [-0.4, -0.2) is 61.9 Å². The number of urea groups is 1. The summed E-state index contributed by atoms with van der Waals surface area (Å²) in [5, 5.41) is 19.8. The topological polar surface area (TPSA) is 143 Å². The molecule has 5 rings (SSSR count). The lowest BCUT2D eigenvalue weighted by Crippen LogP contribution is -2.36. The Balaban J connectivity index is 1.48. The average molecular weight is 507 g/mol. The summed E-state index contributed by atoms with van der Waals surface area (Å²) < 4.78 is 22.3. The molecule has 4 aromatic rings. The smallest absolute Gasteiger partial charge is 0.324 e. The van der Waals surface area contributed by atoms with Crippen molar-refractivity contribution in [2.24, 2.45) is 0 Å². The summed E-state index contributed by atoms with van der Waals surface area (Å²) in [6, 6.07) is 7.29. The summed E-state index contributed by atoms with van der Waals surface area (Å²) in [5.41, 5.74) is 9.98. The molecule has 11 nitrogen and oxygen atoms in total. The van der Waals surface area contributed by atoms with Crippen LogP contribution in [0.4, 0.5) is 26.5 Å². The van der Waals surface area contributed by atoms with E-state index >= 15 is 4.39 Å². The molecule has 1 aromatic carbocycles. The summed E-state index contributed by atoms with van der Waals surface area (Å²) in [6.45, 7) is 4.80. The van der Waals surface area contributed by atoms with Crippen LogP contribution < -0.4 is 16.4 Å². The van der Waals surface area contributed by atoms with Crippen LogP contribution in [0.25, 0.3) is 16.6 Å². The van der Waals surface area contributed by atoms with E-state index in [-0.39, 0.29) is 18.1 Å². The second-order valence-electron chi connectivity index (χ2n) is 8.74. The number of anilines is 3. The number of nitrogens with one attached hydrogen (secondary N) is 2. The predicted octanol–water partition coefficient (Wildman–Crippen LogP) is 2.79. The molecule has 0 bridgehead atoms. The van der Waals surface area contributed by atoms with Gasteiger partial charge in [-0.15, -0.1) is 0 Å². The molecule has 0 spiro atoms. The molecule has 192 valence electrons. The highest BCUT2D eigenvalue weighted by Crippen LogP contribution is 2.37. The second kappa shape index (κ2) is 10.5. The number of aromatic nitrogens is 4. The van der Waals surface area contributed by atoms with Crippen LogP contribution in [0.15, 0.2) is 42.9 Å². The van der Waals surface area contributed by atoms with Crippen LogP contribution in [0.1, 0.15) is 16.8 Å². The molecule has 1 aliphatic heterocycles. The van der Waals surface area contributed by atoms with Gasteiger partial charge in [0, 0.05) is 37.0 Å². The largest absolute Gasteiger partial charge is 0.392 e. The Morgan fingerprint density at radius 1 is 1.19 bits per heavy atom. The number of amides is 2. The van der Waals surface area contributed by atoms with Gasteiger partial charge in [0.1, 0.15) is 23.5 Å². The first kappa shape index (κ1) is 24.6. The molecule has 1 fully saturated rings. The van der Waals surface area contributed by atoms with Crippen LogP contribution in [0, 0.1) is 12.7 Å². The summed E-state index contributed by atoms with van der Waals surface area (Å²) >= 11 is 0. The van der Waals surface area contributed by atoms with Crippen LogP contribution in [0.2, 0.25) is 0 Å².